The summed E-state index contributed by atoms with van der Waals surface area (Å²) in [5, 5.41) is 14.6. The lowest BCUT2D eigenvalue weighted by Gasteiger charge is -2.03. The molecule has 0 unspecified atom stereocenters. The van der Waals surface area contributed by atoms with Crippen LogP contribution in [-0.4, -0.2) is 26.0 Å². The number of aromatic nitrogens is 3. The molecule has 2 N–H and O–H groups in total. The van der Waals surface area contributed by atoms with Gasteiger partial charge in [-0.1, -0.05) is 0 Å². The quantitative estimate of drug-likeness (QED) is 0.878. The number of nitrogens with one attached hydrogen (secondary N) is 1. The van der Waals surface area contributed by atoms with Crippen LogP contribution >= 0.6 is 11.3 Å². The Balaban J connectivity index is 1.84. The van der Waals surface area contributed by atoms with Crippen LogP contribution < -0.4 is 5.32 Å². The second-order valence-electron chi connectivity index (χ2n) is 4.07. The molecule has 2 heterocycles. The van der Waals surface area contributed by atoms with Gasteiger partial charge in [-0.05, 0) is 12.8 Å². The zero-order valence-electron chi connectivity index (χ0n) is 9.33. The molecule has 0 bridgehead atoms. The summed E-state index contributed by atoms with van der Waals surface area (Å²) in [6.07, 6.45) is 4.96. The van der Waals surface area contributed by atoms with E-state index < -0.39 is 5.97 Å². The molecule has 0 spiro atoms. The van der Waals surface area contributed by atoms with Crippen LogP contribution in [0.1, 0.15) is 34.8 Å². The number of thiazole rings is 1. The number of carboxylic acids is 1. The van der Waals surface area contributed by atoms with E-state index in [4.69, 9.17) is 5.11 Å². The van der Waals surface area contributed by atoms with Crippen molar-refractivity contribution in [1.29, 1.82) is 0 Å². The first kappa shape index (κ1) is 11.1. The second-order valence-corrected chi connectivity index (χ2v) is 4.93. The molecule has 92 valence electrons. The molecule has 6 nitrogen and oxygen atoms in total. The van der Waals surface area contributed by atoms with Crippen molar-refractivity contribution in [2.45, 2.75) is 18.8 Å². The van der Waals surface area contributed by atoms with Gasteiger partial charge >= 0.3 is 5.97 Å². The highest BCUT2D eigenvalue weighted by Gasteiger charge is 2.26. The van der Waals surface area contributed by atoms with Crippen LogP contribution in [0.2, 0.25) is 0 Å². The molecule has 1 fully saturated rings. The third-order valence-electron chi connectivity index (χ3n) is 2.69. The lowest BCUT2D eigenvalue weighted by molar-refractivity contribution is 0.0697. The zero-order valence-corrected chi connectivity index (χ0v) is 10.1. The summed E-state index contributed by atoms with van der Waals surface area (Å²) < 4.78 is 0. The maximum Gasteiger partial charge on any atom is 0.341 e. The summed E-state index contributed by atoms with van der Waals surface area (Å²) in [6.45, 7) is 0. The van der Waals surface area contributed by atoms with Gasteiger partial charge in [0.25, 0.3) is 0 Å². The van der Waals surface area contributed by atoms with Crippen LogP contribution in [0.15, 0.2) is 17.9 Å². The summed E-state index contributed by atoms with van der Waals surface area (Å²) in [5.41, 5.74) is 1.12. The molecule has 0 amide bonds. The second kappa shape index (κ2) is 4.34. The van der Waals surface area contributed by atoms with Crippen LogP contribution in [0.4, 0.5) is 10.9 Å². The Morgan fingerprint density at radius 2 is 2.33 bits per heavy atom. The van der Waals surface area contributed by atoms with Gasteiger partial charge in [0.2, 0.25) is 0 Å². The molecule has 2 aromatic heterocycles. The fraction of sp³-hybridized carbons (Fsp3) is 0.273. The van der Waals surface area contributed by atoms with Crippen molar-refractivity contribution in [2.75, 3.05) is 5.32 Å². The lowest BCUT2D eigenvalue weighted by atomic mass is 10.3. The summed E-state index contributed by atoms with van der Waals surface area (Å²) in [5.74, 6) is -0.201. The molecule has 1 aliphatic rings. The molecule has 18 heavy (non-hydrogen) atoms. The first-order valence-electron chi connectivity index (χ1n) is 5.50. The lowest BCUT2D eigenvalue weighted by Crippen LogP contribution is -2.05. The molecule has 0 radical (unpaired) electrons. The predicted octanol–water partition coefficient (Wildman–Crippen LogP) is 2.25. The topological polar surface area (TPSA) is 88.0 Å². The van der Waals surface area contributed by atoms with Gasteiger partial charge in [0, 0.05) is 17.5 Å². The van der Waals surface area contributed by atoms with Crippen molar-refractivity contribution in [3.8, 4) is 0 Å². The SMILES string of the molecule is O=C(O)c1cncnc1Nc1nc(C2CC2)cs1. The van der Waals surface area contributed by atoms with E-state index >= 15 is 0 Å². The highest BCUT2D eigenvalue weighted by Crippen LogP contribution is 2.41. The van der Waals surface area contributed by atoms with Crippen molar-refractivity contribution in [1.82, 2.24) is 15.0 Å². The van der Waals surface area contributed by atoms with Crippen molar-refractivity contribution in [3.05, 3.63) is 29.2 Å². The maximum atomic E-state index is 11.0. The van der Waals surface area contributed by atoms with E-state index in [9.17, 15) is 4.79 Å². The number of nitrogens with zero attached hydrogens (tertiary/aromatic N) is 3. The number of carboxylic acid groups (broad SMARTS) is 1. The van der Waals surface area contributed by atoms with E-state index in [0.717, 1.165) is 5.69 Å². The van der Waals surface area contributed by atoms with E-state index in [1.165, 1.54) is 36.7 Å². The highest BCUT2D eigenvalue weighted by atomic mass is 32.1. The van der Waals surface area contributed by atoms with Crippen molar-refractivity contribution < 1.29 is 9.90 Å². The van der Waals surface area contributed by atoms with E-state index in [-0.39, 0.29) is 11.4 Å². The average Bonchev–Trinajstić information content (AvgIpc) is 3.11. The minimum Gasteiger partial charge on any atom is -0.477 e. The molecule has 1 aliphatic carbocycles. The molecular formula is C11H10N4O2S. The van der Waals surface area contributed by atoms with Crippen LogP contribution in [0.3, 0.4) is 0 Å². The van der Waals surface area contributed by atoms with E-state index in [2.05, 4.69) is 20.3 Å². The molecule has 0 atom stereocenters. The van der Waals surface area contributed by atoms with E-state index in [1.54, 1.807) is 0 Å². The molecule has 7 heteroatoms. The number of hydrogen-bond acceptors (Lipinski definition) is 6. The minimum atomic E-state index is -1.06. The Morgan fingerprint density at radius 1 is 1.50 bits per heavy atom. The van der Waals surface area contributed by atoms with Crippen LogP contribution in [0.25, 0.3) is 0 Å². The Labute approximate surface area is 107 Å². The summed E-state index contributed by atoms with van der Waals surface area (Å²) in [6, 6.07) is 0. The third-order valence-corrected chi connectivity index (χ3v) is 3.46. The Kier molecular flexibility index (Phi) is 2.67. The van der Waals surface area contributed by atoms with Crippen LogP contribution in [0, 0.1) is 0 Å². The zero-order chi connectivity index (χ0) is 12.5. The number of anilines is 2. The molecule has 2 aromatic rings. The molecular weight excluding hydrogens is 252 g/mol. The summed E-state index contributed by atoms with van der Waals surface area (Å²) >= 11 is 1.46. The first-order valence-corrected chi connectivity index (χ1v) is 6.38. The fourth-order valence-corrected chi connectivity index (χ4v) is 2.39. The fourth-order valence-electron chi connectivity index (χ4n) is 1.60. The molecule has 3 rings (SSSR count). The predicted molar refractivity (Wildman–Crippen MR) is 66.4 cm³/mol. The standard InChI is InChI=1S/C11H10N4O2S/c16-10(17)7-3-12-5-13-9(7)15-11-14-8(4-18-11)6-1-2-6/h3-6H,1-2H2,(H,16,17)(H,12,13,14,15). The summed E-state index contributed by atoms with van der Waals surface area (Å²) in [7, 11) is 0. The molecule has 0 saturated heterocycles. The smallest absolute Gasteiger partial charge is 0.341 e. The Hall–Kier alpha value is -2.02. The molecule has 0 aromatic carbocycles. The Bertz CT molecular complexity index is 594. The van der Waals surface area contributed by atoms with Gasteiger partial charge in [-0.15, -0.1) is 11.3 Å². The normalized spacial score (nSPS) is 14.4. The Morgan fingerprint density at radius 3 is 3.06 bits per heavy atom. The van der Waals surface area contributed by atoms with Crippen molar-refractivity contribution >= 4 is 28.3 Å². The van der Waals surface area contributed by atoms with Crippen molar-refractivity contribution in [3.63, 3.8) is 0 Å². The average molecular weight is 262 g/mol. The van der Waals surface area contributed by atoms with Gasteiger partial charge in [0.1, 0.15) is 17.7 Å². The van der Waals surface area contributed by atoms with Gasteiger partial charge < -0.3 is 10.4 Å². The van der Waals surface area contributed by atoms with Crippen molar-refractivity contribution in [2.24, 2.45) is 0 Å². The third kappa shape index (κ3) is 2.17. The first-order chi connectivity index (χ1) is 8.74. The van der Waals surface area contributed by atoms with E-state index in [1.807, 2.05) is 5.38 Å². The largest absolute Gasteiger partial charge is 0.477 e. The van der Waals surface area contributed by atoms with Crippen LogP contribution in [-0.2, 0) is 0 Å². The summed E-state index contributed by atoms with van der Waals surface area (Å²) in [4.78, 5) is 23.1. The molecule has 0 aliphatic heterocycles. The van der Waals surface area contributed by atoms with Gasteiger partial charge in [-0.2, -0.15) is 0 Å². The number of carbonyl (C=O) groups is 1. The van der Waals surface area contributed by atoms with Gasteiger partial charge in [-0.3, -0.25) is 0 Å². The van der Waals surface area contributed by atoms with Gasteiger partial charge in [0.15, 0.2) is 5.13 Å². The van der Waals surface area contributed by atoms with Gasteiger partial charge in [-0.25, -0.2) is 19.7 Å². The minimum absolute atomic E-state index is 0.0423. The van der Waals surface area contributed by atoms with E-state index in [0.29, 0.717) is 11.0 Å². The van der Waals surface area contributed by atoms with Gasteiger partial charge in [0.05, 0.1) is 5.69 Å². The number of rotatable bonds is 4. The molecule has 1 saturated carbocycles. The number of hydrogen-bond donors (Lipinski definition) is 2. The monoisotopic (exact) mass is 262 g/mol. The highest BCUT2D eigenvalue weighted by molar-refractivity contribution is 7.13. The number of aromatic carboxylic acids is 1. The maximum absolute atomic E-state index is 11.0. The van der Waals surface area contributed by atoms with Crippen LogP contribution in [0.5, 0.6) is 0 Å².